The first-order chi connectivity index (χ1) is 14.6. The minimum absolute atomic E-state index is 0.314. The van der Waals surface area contributed by atoms with Crippen LogP contribution in [0.25, 0.3) is 16.6 Å². The summed E-state index contributed by atoms with van der Waals surface area (Å²) >= 11 is 6.15. The number of unbranched alkanes of at least 4 members (excludes halogenated alkanes) is 1. The van der Waals surface area contributed by atoms with Crippen molar-refractivity contribution < 1.29 is 4.79 Å². The van der Waals surface area contributed by atoms with Crippen LogP contribution in [0.15, 0.2) is 54.9 Å². The van der Waals surface area contributed by atoms with Gasteiger partial charge in [0.25, 0.3) is 0 Å². The lowest BCUT2D eigenvalue weighted by atomic mass is 10.1. The van der Waals surface area contributed by atoms with Crippen LogP contribution in [0.1, 0.15) is 24.0 Å². The zero-order chi connectivity index (χ0) is 21.3. The Labute approximate surface area is 179 Å². The van der Waals surface area contributed by atoms with Crippen molar-refractivity contribution in [3.63, 3.8) is 0 Å². The zero-order valence-corrected chi connectivity index (χ0v) is 17.1. The van der Waals surface area contributed by atoms with Gasteiger partial charge in [-0.25, -0.2) is 9.78 Å². The molecule has 0 radical (unpaired) electrons. The SMILES string of the molecule is N=C/C(=C\N)c1cnc2ccc(NC(=O)NCCCCc3ccccc3Cl)nc2c1. The van der Waals surface area contributed by atoms with Crippen LogP contribution in [0, 0.1) is 5.41 Å². The van der Waals surface area contributed by atoms with E-state index in [4.69, 9.17) is 22.7 Å². The minimum atomic E-state index is -0.314. The number of aromatic nitrogens is 2. The molecular formula is C22H23ClN6O. The van der Waals surface area contributed by atoms with Crippen molar-refractivity contribution in [3.8, 4) is 0 Å². The van der Waals surface area contributed by atoms with E-state index in [1.165, 1.54) is 6.20 Å². The summed E-state index contributed by atoms with van der Waals surface area (Å²) in [6.07, 6.45) is 6.78. The van der Waals surface area contributed by atoms with Crippen LogP contribution in [0.4, 0.5) is 10.6 Å². The summed E-state index contributed by atoms with van der Waals surface area (Å²) < 4.78 is 0. The fourth-order valence-electron chi connectivity index (χ4n) is 2.97. The Balaban J connectivity index is 1.52. The molecular weight excluding hydrogens is 400 g/mol. The van der Waals surface area contributed by atoms with Crippen LogP contribution in [0.5, 0.6) is 0 Å². The van der Waals surface area contributed by atoms with Gasteiger partial charge in [-0.2, -0.15) is 0 Å². The second-order valence-electron chi connectivity index (χ2n) is 6.65. The topological polar surface area (TPSA) is 117 Å². The summed E-state index contributed by atoms with van der Waals surface area (Å²) in [7, 11) is 0. The van der Waals surface area contributed by atoms with Crippen molar-refractivity contribution in [2.24, 2.45) is 5.73 Å². The molecule has 0 aliphatic heterocycles. The molecule has 7 nitrogen and oxygen atoms in total. The van der Waals surface area contributed by atoms with Gasteiger partial charge in [-0.1, -0.05) is 29.8 Å². The van der Waals surface area contributed by atoms with Crippen LogP contribution < -0.4 is 16.4 Å². The van der Waals surface area contributed by atoms with Crippen molar-refractivity contribution in [2.75, 3.05) is 11.9 Å². The zero-order valence-electron chi connectivity index (χ0n) is 16.4. The number of benzene rings is 1. The minimum Gasteiger partial charge on any atom is -0.404 e. The molecule has 0 saturated carbocycles. The van der Waals surface area contributed by atoms with E-state index in [2.05, 4.69) is 20.6 Å². The molecule has 3 rings (SSSR count). The highest BCUT2D eigenvalue weighted by atomic mass is 35.5. The molecule has 2 amide bonds. The molecule has 0 bridgehead atoms. The van der Waals surface area contributed by atoms with Crippen LogP contribution in [0.2, 0.25) is 5.02 Å². The molecule has 8 heteroatoms. The molecule has 0 unspecified atom stereocenters. The lowest BCUT2D eigenvalue weighted by molar-refractivity contribution is 0.252. The second kappa shape index (κ2) is 10.4. The van der Waals surface area contributed by atoms with E-state index in [1.54, 1.807) is 24.4 Å². The second-order valence-corrected chi connectivity index (χ2v) is 7.06. The van der Waals surface area contributed by atoms with Crippen molar-refractivity contribution in [3.05, 3.63) is 71.0 Å². The summed E-state index contributed by atoms with van der Waals surface area (Å²) in [5, 5.41) is 13.7. The van der Waals surface area contributed by atoms with Crippen molar-refractivity contribution in [1.29, 1.82) is 5.41 Å². The van der Waals surface area contributed by atoms with Gasteiger partial charge in [0, 0.05) is 41.3 Å². The Morgan fingerprint density at radius 3 is 2.77 bits per heavy atom. The molecule has 3 aromatic rings. The number of hydrogen-bond acceptors (Lipinski definition) is 5. The highest BCUT2D eigenvalue weighted by Crippen LogP contribution is 2.19. The van der Waals surface area contributed by atoms with Crippen molar-refractivity contribution >= 4 is 46.3 Å². The van der Waals surface area contributed by atoms with E-state index >= 15 is 0 Å². The van der Waals surface area contributed by atoms with E-state index in [0.29, 0.717) is 34.5 Å². The first-order valence-corrected chi connectivity index (χ1v) is 9.96. The molecule has 0 aliphatic carbocycles. The van der Waals surface area contributed by atoms with Crippen LogP contribution in [-0.2, 0) is 6.42 Å². The number of anilines is 1. The van der Waals surface area contributed by atoms with Gasteiger partial charge in [-0.05, 0) is 49.1 Å². The molecule has 0 atom stereocenters. The predicted molar refractivity (Wildman–Crippen MR) is 122 cm³/mol. The van der Waals surface area contributed by atoms with Crippen molar-refractivity contribution in [2.45, 2.75) is 19.3 Å². The number of hydrogen-bond donors (Lipinski definition) is 4. The fourth-order valence-corrected chi connectivity index (χ4v) is 3.20. The van der Waals surface area contributed by atoms with E-state index in [0.717, 1.165) is 36.1 Å². The van der Waals surface area contributed by atoms with Crippen molar-refractivity contribution in [1.82, 2.24) is 15.3 Å². The number of aryl methyl sites for hydroxylation is 1. The number of pyridine rings is 2. The number of carbonyl (C=O) groups excluding carboxylic acids is 1. The summed E-state index contributed by atoms with van der Waals surface area (Å²) in [4.78, 5) is 20.9. The standard InChI is InChI=1S/C22H23ClN6O/c23-18-7-2-1-5-15(18)6-3-4-10-26-22(30)29-21-9-8-19-20(28-21)11-16(14-27-19)17(12-24)13-25/h1-2,5,7-9,11-14,24H,3-4,6,10,25H2,(H2,26,28,29,30)/b17-13+,24-12?. The lowest BCUT2D eigenvalue weighted by Crippen LogP contribution is -2.29. The lowest BCUT2D eigenvalue weighted by Gasteiger charge is -2.09. The Morgan fingerprint density at radius 2 is 2.00 bits per heavy atom. The molecule has 154 valence electrons. The summed E-state index contributed by atoms with van der Waals surface area (Å²) in [5.74, 6) is 0.420. The van der Waals surface area contributed by atoms with Gasteiger partial charge in [0.2, 0.25) is 0 Å². The number of allylic oxidation sites excluding steroid dienone is 1. The number of fused-ring (bicyclic) bond motifs is 1. The third-order valence-corrected chi connectivity index (χ3v) is 4.93. The van der Waals surface area contributed by atoms with Gasteiger partial charge in [-0.15, -0.1) is 0 Å². The first-order valence-electron chi connectivity index (χ1n) is 9.58. The maximum absolute atomic E-state index is 12.1. The van der Waals surface area contributed by atoms with Gasteiger partial charge in [0.15, 0.2) is 0 Å². The molecule has 5 N–H and O–H groups in total. The number of rotatable bonds is 8. The summed E-state index contributed by atoms with van der Waals surface area (Å²) in [5.41, 5.74) is 9.17. The van der Waals surface area contributed by atoms with E-state index < -0.39 is 0 Å². The Hall–Kier alpha value is -3.45. The molecule has 0 spiro atoms. The number of nitrogens with one attached hydrogen (secondary N) is 3. The predicted octanol–water partition coefficient (Wildman–Crippen LogP) is 4.38. The molecule has 30 heavy (non-hydrogen) atoms. The monoisotopic (exact) mass is 422 g/mol. The van der Waals surface area contributed by atoms with E-state index in [1.807, 2.05) is 24.3 Å². The normalized spacial score (nSPS) is 11.3. The quantitative estimate of drug-likeness (QED) is 0.318. The number of nitrogens with zero attached hydrogens (tertiary/aromatic N) is 2. The number of nitrogens with two attached hydrogens (primary N) is 1. The average Bonchev–Trinajstić information content (AvgIpc) is 2.75. The maximum atomic E-state index is 12.1. The largest absolute Gasteiger partial charge is 0.404 e. The first kappa shape index (κ1) is 21.3. The smallest absolute Gasteiger partial charge is 0.320 e. The summed E-state index contributed by atoms with van der Waals surface area (Å²) in [6.45, 7) is 0.555. The maximum Gasteiger partial charge on any atom is 0.320 e. The third-order valence-electron chi connectivity index (χ3n) is 4.56. The van der Waals surface area contributed by atoms with Crippen LogP contribution in [-0.4, -0.2) is 28.8 Å². The van der Waals surface area contributed by atoms with Gasteiger partial charge >= 0.3 is 6.03 Å². The van der Waals surface area contributed by atoms with Gasteiger partial charge in [0.1, 0.15) is 5.82 Å². The number of urea groups is 1. The van der Waals surface area contributed by atoms with Gasteiger partial charge in [-0.3, -0.25) is 10.3 Å². The van der Waals surface area contributed by atoms with E-state index in [-0.39, 0.29) is 6.03 Å². The van der Waals surface area contributed by atoms with Gasteiger partial charge in [0.05, 0.1) is 11.0 Å². The Kier molecular flexibility index (Phi) is 7.34. The van der Waals surface area contributed by atoms with Crippen LogP contribution in [0.3, 0.4) is 0 Å². The molecule has 0 aliphatic rings. The van der Waals surface area contributed by atoms with E-state index in [9.17, 15) is 4.79 Å². The molecule has 2 aromatic heterocycles. The highest BCUT2D eigenvalue weighted by Gasteiger charge is 2.07. The molecule has 2 heterocycles. The Morgan fingerprint density at radius 1 is 1.17 bits per heavy atom. The molecule has 0 fully saturated rings. The fraction of sp³-hybridized carbons (Fsp3) is 0.182. The average molecular weight is 423 g/mol. The van der Waals surface area contributed by atoms with Gasteiger partial charge < -0.3 is 16.5 Å². The number of halogens is 1. The molecule has 0 saturated heterocycles. The highest BCUT2D eigenvalue weighted by molar-refractivity contribution is 6.31. The number of amides is 2. The third kappa shape index (κ3) is 5.55. The Bertz CT molecular complexity index is 1080. The number of carbonyl (C=O) groups is 1. The summed E-state index contributed by atoms with van der Waals surface area (Å²) in [6, 6.07) is 12.7. The van der Waals surface area contributed by atoms with Crippen LogP contribution >= 0.6 is 11.6 Å². The molecule has 1 aromatic carbocycles.